The highest BCUT2D eigenvalue weighted by Crippen LogP contribution is 2.35. The lowest BCUT2D eigenvalue weighted by Crippen LogP contribution is -2.48. The summed E-state index contributed by atoms with van der Waals surface area (Å²) >= 11 is 6.45. The molecule has 0 bridgehead atoms. The Bertz CT molecular complexity index is 1420. The molecule has 3 heterocycles. The van der Waals surface area contributed by atoms with Crippen molar-refractivity contribution in [2.45, 2.75) is 12.7 Å². The van der Waals surface area contributed by atoms with E-state index < -0.39 is 17.8 Å². The van der Waals surface area contributed by atoms with Crippen LogP contribution in [0.2, 0.25) is 5.02 Å². The van der Waals surface area contributed by atoms with Gasteiger partial charge in [-0.3, -0.25) is 9.69 Å². The Hall–Kier alpha value is -3.63. The summed E-state index contributed by atoms with van der Waals surface area (Å²) in [6.07, 6.45) is -4.75. The van der Waals surface area contributed by atoms with Gasteiger partial charge in [-0.2, -0.15) is 18.3 Å². The van der Waals surface area contributed by atoms with Gasteiger partial charge < -0.3 is 9.64 Å². The zero-order chi connectivity index (χ0) is 26.2. The first-order valence-corrected chi connectivity index (χ1v) is 12.0. The molecule has 0 unspecified atom stereocenters. The van der Waals surface area contributed by atoms with Gasteiger partial charge in [0.15, 0.2) is 17.0 Å². The summed E-state index contributed by atoms with van der Waals surface area (Å²) < 4.78 is 47.7. The lowest BCUT2D eigenvalue weighted by molar-refractivity contribution is -0.142. The van der Waals surface area contributed by atoms with Crippen molar-refractivity contribution in [1.82, 2.24) is 24.4 Å². The molecule has 1 aliphatic heterocycles. The number of hydrogen-bond acceptors (Lipinski definition) is 5. The number of carbonyl (C=O) groups excluding carboxylic acids is 1. The normalized spacial score (nSPS) is 14.8. The van der Waals surface area contributed by atoms with Gasteiger partial charge in [0.2, 0.25) is 0 Å². The third-order valence-corrected chi connectivity index (χ3v) is 6.67. The molecule has 0 aliphatic carbocycles. The number of aromatic nitrogens is 3. The van der Waals surface area contributed by atoms with Crippen LogP contribution in [-0.2, 0) is 12.7 Å². The number of nitrogens with zero attached hydrogens (tertiary/aromatic N) is 5. The second kappa shape index (κ2) is 10.0. The van der Waals surface area contributed by atoms with Crippen molar-refractivity contribution in [2.24, 2.45) is 0 Å². The molecule has 2 aromatic heterocycles. The summed E-state index contributed by atoms with van der Waals surface area (Å²) in [5, 5.41) is 3.77. The van der Waals surface area contributed by atoms with E-state index in [0.717, 1.165) is 12.6 Å². The van der Waals surface area contributed by atoms with Crippen molar-refractivity contribution in [1.29, 1.82) is 0 Å². The maximum Gasteiger partial charge on any atom is 0.433 e. The number of fused-ring (bicyclic) bond motifs is 1. The smallest absolute Gasteiger partial charge is 0.433 e. The first-order chi connectivity index (χ1) is 17.7. The van der Waals surface area contributed by atoms with Crippen LogP contribution in [0.5, 0.6) is 5.75 Å². The third kappa shape index (κ3) is 5.12. The van der Waals surface area contributed by atoms with Gasteiger partial charge >= 0.3 is 6.18 Å². The molecular formula is C26H23ClF3N5O2. The Labute approximate surface area is 216 Å². The molecule has 2 aromatic carbocycles. The standard InChI is InChI=1S/C26H23ClF3N5O2/c1-37-19-9-7-18(8-10-19)20-15-21(26(28,29)30)35-24(31-20)22(27)23(32-35)25(36)34-13-11-33(12-14-34)16-17-5-3-2-4-6-17/h2-10,15H,11-14,16H2,1H3. The van der Waals surface area contributed by atoms with E-state index in [1.165, 1.54) is 12.7 Å². The molecule has 7 nitrogen and oxygen atoms in total. The summed E-state index contributed by atoms with van der Waals surface area (Å²) in [4.78, 5) is 21.4. The van der Waals surface area contributed by atoms with Crippen LogP contribution in [0.15, 0.2) is 60.7 Å². The first kappa shape index (κ1) is 25.0. The quantitative estimate of drug-likeness (QED) is 0.363. The Morgan fingerprint density at radius 1 is 1.03 bits per heavy atom. The number of benzene rings is 2. The van der Waals surface area contributed by atoms with Crippen LogP contribution in [0.25, 0.3) is 16.9 Å². The maximum atomic E-state index is 14.0. The van der Waals surface area contributed by atoms with Gasteiger partial charge in [-0.15, -0.1) is 0 Å². The lowest BCUT2D eigenvalue weighted by atomic mass is 10.1. The van der Waals surface area contributed by atoms with Crippen molar-refractivity contribution in [2.75, 3.05) is 33.3 Å². The van der Waals surface area contributed by atoms with Gasteiger partial charge in [-0.05, 0) is 35.9 Å². The van der Waals surface area contributed by atoms with Crippen LogP contribution in [0.3, 0.4) is 0 Å². The first-order valence-electron chi connectivity index (χ1n) is 11.6. The average molecular weight is 530 g/mol. The van der Waals surface area contributed by atoms with E-state index in [1.54, 1.807) is 29.2 Å². The fraction of sp³-hybridized carbons (Fsp3) is 0.269. The number of halogens is 4. The molecule has 1 saturated heterocycles. The molecule has 192 valence electrons. The zero-order valence-corrected chi connectivity index (χ0v) is 20.6. The van der Waals surface area contributed by atoms with E-state index in [0.29, 0.717) is 42.0 Å². The summed E-state index contributed by atoms with van der Waals surface area (Å²) in [6.45, 7) is 2.82. The fourth-order valence-corrected chi connectivity index (χ4v) is 4.58. The number of hydrogen-bond donors (Lipinski definition) is 0. The van der Waals surface area contributed by atoms with E-state index >= 15 is 0 Å². The number of carbonyl (C=O) groups is 1. The minimum atomic E-state index is -4.75. The molecule has 0 radical (unpaired) electrons. The molecule has 0 spiro atoms. The highest BCUT2D eigenvalue weighted by Gasteiger charge is 2.37. The number of piperazine rings is 1. The minimum Gasteiger partial charge on any atom is -0.497 e. The number of ether oxygens (including phenoxy) is 1. The monoisotopic (exact) mass is 529 g/mol. The van der Waals surface area contributed by atoms with E-state index in [4.69, 9.17) is 16.3 Å². The molecule has 11 heteroatoms. The van der Waals surface area contributed by atoms with Crippen molar-refractivity contribution in [3.63, 3.8) is 0 Å². The Balaban J connectivity index is 1.43. The van der Waals surface area contributed by atoms with Crippen LogP contribution >= 0.6 is 11.6 Å². The molecule has 1 aliphatic rings. The Kier molecular flexibility index (Phi) is 6.78. The molecule has 37 heavy (non-hydrogen) atoms. The number of amides is 1. The SMILES string of the molecule is COc1ccc(-c2cc(C(F)(F)F)n3nc(C(=O)N4CCN(Cc5ccccc5)CC4)c(Cl)c3n2)cc1. The van der Waals surface area contributed by atoms with Gasteiger partial charge in [0, 0.05) is 38.3 Å². The van der Waals surface area contributed by atoms with E-state index in [1.807, 2.05) is 30.3 Å². The van der Waals surface area contributed by atoms with Crippen LogP contribution < -0.4 is 4.74 Å². The summed E-state index contributed by atoms with van der Waals surface area (Å²) in [7, 11) is 1.49. The molecule has 0 saturated carbocycles. The van der Waals surface area contributed by atoms with Crippen LogP contribution in [0.4, 0.5) is 13.2 Å². The van der Waals surface area contributed by atoms with Crippen molar-refractivity contribution < 1.29 is 22.7 Å². The Morgan fingerprint density at radius 3 is 2.32 bits per heavy atom. The van der Waals surface area contributed by atoms with Crippen molar-refractivity contribution in [3.05, 3.63) is 82.6 Å². The van der Waals surface area contributed by atoms with Gasteiger partial charge in [0.25, 0.3) is 5.91 Å². The maximum absolute atomic E-state index is 14.0. The molecule has 5 rings (SSSR count). The summed E-state index contributed by atoms with van der Waals surface area (Å²) in [5.74, 6) is 0.0361. The van der Waals surface area contributed by atoms with E-state index in [-0.39, 0.29) is 22.1 Å². The number of rotatable bonds is 5. The molecule has 0 N–H and O–H groups in total. The summed E-state index contributed by atoms with van der Waals surface area (Å²) in [5.41, 5.74) is 0.115. The zero-order valence-electron chi connectivity index (χ0n) is 19.9. The van der Waals surface area contributed by atoms with Gasteiger partial charge in [0.1, 0.15) is 10.8 Å². The highest BCUT2D eigenvalue weighted by molar-refractivity contribution is 6.36. The average Bonchev–Trinajstić information content (AvgIpc) is 3.24. The van der Waals surface area contributed by atoms with Gasteiger partial charge in [0.05, 0.1) is 12.8 Å². The molecule has 1 amide bonds. The topological polar surface area (TPSA) is 63.0 Å². The molecular weight excluding hydrogens is 507 g/mol. The van der Waals surface area contributed by atoms with E-state index in [9.17, 15) is 18.0 Å². The Morgan fingerprint density at radius 2 is 1.70 bits per heavy atom. The number of methoxy groups -OCH3 is 1. The van der Waals surface area contributed by atoms with Gasteiger partial charge in [-0.25, -0.2) is 9.50 Å². The van der Waals surface area contributed by atoms with Crippen LogP contribution in [-0.4, -0.2) is 63.6 Å². The van der Waals surface area contributed by atoms with E-state index in [2.05, 4.69) is 15.0 Å². The summed E-state index contributed by atoms with van der Waals surface area (Å²) in [6, 6.07) is 17.3. The molecule has 4 aromatic rings. The van der Waals surface area contributed by atoms with Crippen LogP contribution in [0.1, 0.15) is 21.7 Å². The third-order valence-electron chi connectivity index (χ3n) is 6.32. The number of alkyl halides is 3. The minimum absolute atomic E-state index is 0.0535. The van der Waals surface area contributed by atoms with Crippen molar-refractivity contribution >= 4 is 23.2 Å². The predicted octanol–water partition coefficient (Wildman–Crippen LogP) is 5.04. The highest BCUT2D eigenvalue weighted by atomic mass is 35.5. The van der Waals surface area contributed by atoms with Crippen LogP contribution in [0, 0.1) is 0 Å². The fourth-order valence-electron chi connectivity index (χ4n) is 4.34. The molecule has 1 fully saturated rings. The second-order valence-electron chi connectivity index (χ2n) is 8.70. The molecule has 0 atom stereocenters. The largest absolute Gasteiger partial charge is 0.497 e. The lowest BCUT2D eigenvalue weighted by Gasteiger charge is -2.34. The van der Waals surface area contributed by atoms with Gasteiger partial charge in [-0.1, -0.05) is 41.9 Å². The predicted molar refractivity (Wildman–Crippen MR) is 133 cm³/mol. The second-order valence-corrected chi connectivity index (χ2v) is 9.08. The van der Waals surface area contributed by atoms with Crippen molar-refractivity contribution in [3.8, 4) is 17.0 Å².